The first-order chi connectivity index (χ1) is 9.83. The number of aliphatic carboxylic acids is 1. The molecular formula is C16H21NO4. The van der Waals surface area contributed by atoms with E-state index in [9.17, 15) is 19.8 Å². The van der Waals surface area contributed by atoms with Gasteiger partial charge in [0.25, 0.3) is 5.91 Å². The lowest BCUT2D eigenvalue weighted by atomic mass is 9.73. The maximum absolute atomic E-state index is 12.4. The van der Waals surface area contributed by atoms with Gasteiger partial charge in [0.05, 0.1) is 17.0 Å². The van der Waals surface area contributed by atoms with E-state index < -0.39 is 23.3 Å². The Labute approximate surface area is 124 Å². The molecule has 1 aliphatic rings. The van der Waals surface area contributed by atoms with Gasteiger partial charge in [0.1, 0.15) is 5.75 Å². The number of carboxylic acid groups (broad SMARTS) is 1. The maximum atomic E-state index is 12.4. The van der Waals surface area contributed by atoms with Gasteiger partial charge in [-0.05, 0) is 44.4 Å². The number of carbonyl (C=O) groups excluding carboxylic acids is 1. The zero-order valence-electron chi connectivity index (χ0n) is 12.3. The van der Waals surface area contributed by atoms with Gasteiger partial charge in [-0.15, -0.1) is 0 Å². The second kappa shape index (κ2) is 5.76. The maximum Gasteiger partial charge on any atom is 0.308 e. The van der Waals surface area contributed by atoms with Crippen LogP contribution in [0.2, 0.25) is 0 Å². The van der Waals surface area contributed by atoms with Crippen LogP contribution in [0, 0.1) is 12.8 Å². The van der Waals surface area contributed by atoms with E-state index in [0.717, 1.165) is 18.4 Å². The van der Waals surface area contributed by atoms with Crippen molar-refractivity contribution in [3.05, 3.63) is 29.3 Å². The molecule has 114 valence electrons. The van der Waals surface area contributed by atoms with Gasteiger partial charge in [-0.3, -0.25) is 9.59 Å². The third kappa shape index (κ3) is 3.17. The Hall–Kier alpha value is -2.04. The molecule has 21 heavy (non-hydrogen) atoms. The highest BCUT2D eigenvalue weighted by Gasteiger charge is 2.42. The monoisotopic (exact) mass is 291 g/mol. The van der Waals surface area contributed by atoms with Crippen LogP contribution in [0.5, 0.6) is 5.75 Å². The average Bonchev–Trinajstić information content (AvgIpc) is 2.37. The molecule has 3 N–H and O–H groups in total. The number of carboxylic acids is 1. The summed E-state index contributed by atoms with van der Waals surface area (Å²) in [4.78, 5) is 23.8. The van der Waals surface area contributed by atoms with Gasteiger partial charge in [0, 0.05) is 0 Å². The number of hydrogen-bond donors (Lipinski definition) is 3. The highest BCUT2D eigenvalue weighted by atomic mass is 16.4. The summed E-state index contributed by atoms with van der Waals surface area (Å²) in [7, 11) is 0. The number of carbonyl (C=O) groups is 2. The van der Waals surface area contributed by atoms with E-state index >= 15 is 0 Å². The lowest BCUT2D eigenvalue weighted by Gasteiger charge is -2.39. The Morgan fingerprint density at radius 3 is 2.67 bits per heavy atom. The number of hydrogen-bond acceptors (Lipinski definition) is 3. The Bertz CT molecular complexity index is 569. The number of phenolic OH excluding ortho intramolecular Hbond substituents is 1. The van der Waals surface area contributed by atoms with Crippen LogP contribution in [0.1, 0.15) is 48.5 Å². The molecule has 5 nitrogen and oxygen atoms in total. The Balaban J connectivity index is 2.22. The van der Waals surface area contributed by atoms with Crippen molar-refractivity contribution < 1.29 is 19.8 Å². The van der Waals surface area contributed by atoms with Crippen LogP contribution >= 0.6 is 0 Å². The van der Waals surface area contributed by atoms with E-state index in [2.05, 4.69) is 5.32 Å². The topological polar surface area (TPSA) is 86.6 Å². The molecule has 1 aromatic carbocycles. The molecule has 0 aromatic heterocycles. The third-order valence-corrected chi connectivity index (χ3v) is 4.30. The molecule has 0 heterocycles. The van der Waals surface area contributed by atoms with Crippen molar-refractivity contribution in [2.45, 2.75) is 45.1 Å². The highest BCUT2D eigenvalue weighted by molar-refractivity contribution is 5.97. The second-order valence-electron chi connectivity index (χ2n) is 6.03. The Morgan fingerprint density at radius 1 is 1.33 bits per heavy atom. The van der Waals surface area contributed by atoms with Crippen LogP contribution in [0.4, 0.5) is 0 Å². The molecule has 1 fully saturated rings. The number of rotatable bonds is 3. The molecule has 1 aliphatic carbocycles. The molecule has 1 amide bonds. The van der Waals surface area contributed by atoms with Crippen molar-refractivity contribution in [3.8, 4) is 5.75 Å². The van der Waals surface area contributed by atoms with E-state index in [1.54, 1.807) is 19.1 Å². The number of aryl methyl sites for hydroxylation is 1. The zero-order chi connectivity index (χ0) is 15.6. The first-order valence-corrected chi connectivity index (χ1v) is 7.18. The SMILES string of the molecule is Cc1ccc(C(=O)NC2(C)CCCCC2C(=O)O)c(O)c1. The molecule has 1 saturated carbocycles. The first-order valence-electron chi connectivity index (χ1n) is 7.18. The summed E-state index contributed by atoms with van der Waals surface area (Å²) in [6.45, 7) is 3.60. The number of amides is 1. The van der Waals surface area contributed by atoms with Crippen LogP contribution < -0.4 is 5.32 Å². The second-order valence-corrected chi connectivity index (χ2v) is 6.03. The fourth-order valence-corrected chi connectivity index (χ4v) is 3.04. The normalized spacial score (nSPS) is 25.3. The molecule has 2 rings (SSSR count). The predicted octanol–water partition coefficient (Wildman–Crippen LogP) is 2.46. The minimum Gasteiger partial charge on any atom is -0.507 e. The smallest absolute Gasteiger partial charge is 0.308 e. The quantitative estimate of drug-likeness (QED) is 0.798. The van der Waals surface area contributed by atoms with Crippen LogP contribution in [0.25, 0.3) is 0 Å². The van der Waals surface area contributed by atoms with Gasteiger partial charge in [-0.1, -0.05) is 18.9 Å². The summed E-state index contributed by atoms with van der Waals surface area (Å²) >= 11 is 0. The molecular weight excluding hydrogens is 270 g/mol. The molecule has 2 unspecified atom stereocenters. The summed E-state index contributed by atoms with van der Waals surface area (Å²) in [6, 6.07) is 4.82. The van der Waals surface area contributed by atoms with E-state index in [1.165, 1.54) is 6.07 Å². The van der Waals surface area contributed by atoms with Crippen LogP contribution in [-0.2, 0) is 4.79 Å². The largest absolute Gasteiger partial charge is 0.507 e. The molecule has 0 radical (unpaired) electrons. The van der Waals surface area contributed by atoms with Gasteiger partial charge in [-0.25, -0.2) is 0 Å². The van der Waals surface area contributed by atoms with Gasteiger partial charge < -0.3 is 15.5 Å². The van der Waals surface area contributed by atoms with Gasteiger partial charge >= 0.3 is 5.97 Å². The summed E-state index contributed by atoms with van der Waals surface area (Å²) in [5.74, 6) is -1.99. The highest BCUT2D eigenvalue weighted by Crippen LogP contribution is 2.34. The van der Waals surface area contributed by atoms with Crippen molar-refractivity contribution >= 4 is 11.9 Å². The van der Waals surface area contributed by atoms with E-state index in [1.807, 2.05) is 6.92 Å². The standard InChI is InChI=1S/C16H21NO4/c1-10-6-7-11(13(18)9-10)14(19)17-16(2)8-4-3-5-12(16)15(20)21/h6-7,9,12,18H,3-5,8H2,1-2H3,(H,17,19)(H,20,21). The zero-order valence-corrected chi connectivity index (χ0v) is 12.3. The van der Waals surface area contributed by atoms with Gasteiger partial charge in [0.2, 0.25) is 0 Å². The first kappa shape index (κ1) is 15.4. The molecule has 1 aromatic rings. The van der Waals surface area contributed by atoms with Crippen molar-refractivity contribution in [2.24, 2.45) is 5.92 Å². The summed E-state index contributed by atoms with van der Waals surface area (Å²) in [5.41, 5.74) is 0.256. The molecule has 0 spiro atoms. The predicted molar refractivity (Wildman–Crippen MR) is 78.3 cm³/mol. The van der Waals surface area contributed by atoms with E-state index in [4.69, 9.17) is 0 Å². The van der Waals surface area contributed by atoms with E-state index in [-0.39, 0.29) is 11.3 Å². The molecule has 2 atom stereocenters. The van der Waals surface area contributed by atoms with E-state index in [0.29, 0.717) is 12.8 Å². The third-order valence-electron chi connectivity index (χ3n) is 4.30. The summed E-state index contributed by atoms with van der Waals surface area (Å²) in [5, 5.41) is 22.0. The summed E-state index contributed by atoms with van der Waals surface area (Å²) in [6.07, 6.45) is 2.94. The molecule has 0 aliphatic heterocycles. The van der Waals surface area contributed by atoms with Gasteiger partial charge in [-0.2, -0.15) is 0 Å². The Kier molecular flexibility index (Phi) is 4.21. The fourth-order valence-electron chi connectivity index (χ4n) is 3.04. The number of aromatic hydroxyl groups is 1. The minimum atomic E-state index is -0.884. The Morgan fingerprint density at radius 2 is 2.05 bits per heavy atom. The van der Waals surface area contributed by atoms with Crippen molar-refractivity contribution in [1.82, 2.24) is 5.32 Å². The van der Waals surface area contributed by atoms with Crippen LogP contribution in [0.3, 0.4) is 0 Å². The fraction of sp³-hybridized carbons (Fsp3) is 0.500. The summed E-state index contributed by atoms with van der Waals surface area (Å²) < 4.78 is 0. The lowest BCUT2D eigenvalue weighted by Crippen LogP contribution is -2.55. The van der Waals surface area contributed by atoms with Crippen molar-refractivity contribution in [3.63, 3.8) is 0 Å². The number of nitrogens with one attached hydrogen (secondary N) is 1. The molecule has 5 heteroatoms. The van der Waals surface area contributed by atoms with Crippen LogP contribution in [-0.4, -0.2) is 27.6 Å². The minimum absolute atomic E-state index is 0.0845. The van der Waals surface area contributed by atoms with Crippen molar-refractivity contribution in [1.29, 1.82) is 0 Å². The molecule has 0 saturated heterocycles. The number of phenols is 1. The lowest BCUT2D eigenvalue weighted by molar-refractivity contribution is -0.145. The van der Waals surface area contributed by atoms with Crippen LogP contribution in [0.15, 0.2) is 18.2 Å². The van der Waals surface area contributed by atoms with Crippen molar-refractivity contribution in [2.75, 3.05) is 0 Å². The molecule has 0 bridgehead atoms. The average molecular weight is 291 g/mol. The van der Waals surface area contributed by atoms with Gasteiger partial charge in [0.15, 0.2) is 0 Å². The number of benzene rings is 1.